The lowest BCUT2D eigenvalue weighted by molar-refractivity contribution is -0.145. The molecular weight excluding hydrogens is 432 g/mol. The van der Waals surface area contributed by atoms with Crippen LogP contribution in [0.15, 0.2) is 30.3 Å². The van der Waals surface area contributed by atoms with Crippen molar-refractivity contribution in [1.29, 1.82) is 0 Å². The summed E-state index contributed by atoms with van der Waals surface area (Å²) in [6, 6.07) is 9.67. The molecule has 0 radical (unpaired) electrons. The number of nitrogens with two attached hydrogens (primary N) is 1. The zero-order valence-electron chi connectivity index (χ0n) is 23.2. The largest absolute Gasteiger partial charge is 0.461 e. The van der Waals surface area contributed by atoms with Gasteiger partial charge in [0.05, 0.1) is 6.42 Å². The average Bonchev–Trinajstić information content (AvgIpc) is 2.86. The molecule has 0 amide bonds. The molecule has 0 spiro atoms. The van der Waals surface area contributed by atoms with E-state index in [9.17, 15) is 4.79 Å². The first-order chi connectivity index (χ1) is 17.2. The van der Waals surface area contributed by atoms with Crippen LogP contribution in [0.4, 0.5) is 0 Å². The average molecular weight is 489 g/mol. The highest BCUT2D eigenvalue weighted by atomic mass is 16.5. The van der Waals surface area contributed by atoms with Crippen LogP contribution in [0.1, 0.15) is 129 Å². The van der Waals surface area contributed by atoms with E-state index in [0.717, 1.165) is 25.2 Å². The summed E-state index contributed by atoms with van der Waals surface area (Å²) in [6.45, 7) is 7.85. The summed E-state index contributed by atoms with van der Waals surface area (Å²) in [5, 5.41) is 0. The van der Waals surface area contributed by atoms with E-state index in [1.54, 1.807) is 0 Å². The van der Waals surface area contributed by atoms with Crippen molar-refractivity contribution in [2.45, 2.75) is 136 Å². The van der Waals surface area contributed by atoms with Crippen molar-refractivity contribution < 1.29 is 9.53 Å². The van der Waals surface area contributed by atoms with Crippen LogP contribution < -0.4 is 5.73 Å². The van der Waals surface area contributed by atoms with Gasteiger partial charge in [0.1, 0.15) is 6.61 Å². The Balaban J connectivity index is 2.30. The quantitative estimate of drug-likeness (QED) is 0.118. The molecule has 0 fully saturated rings. The summed E-state index contributed by atoms with van der Waals surface area (Å²) in [5.41, 5.74) is 7.41. The maximum Gasteiger partial charge on any atom is 0.307 e. The second kappa shape index (κ2) is 23.0. The van der Waals surface area contributed by atoms with Gasteiger partial charge in [0.2, 0.25) is 0 Å². The molecule has 4 nitrogen and oxygen atoms in total. The normalized spacial score (nSPS) is 12.2. The predicted octanol–water partition coefficient (Wildman–Crippen LogP) is 8.03. The van der Waals surface area contributed by atoms with E-state index >= 15 is 0 Å². The monoisotopic (exact) mass is 488 g/mol. The Bertz CT molecular complexity index is 573. The van der Waals surface area contributed by atoms with E-state index in [1.165, 1.54) is 103 Å². The smallest absolute Gasteiger partial charge is 0.307 e. The van der Waals surface area contributed by atoms with Crippen molar-refractivity contribution in [3.63, 3.8) is 0 Å². The van der Waals surface area contributed by atoms with Gasteiger partial charge in [0, 0.05) is 12.6 Å². The first-order valence-corrected chi connectivity index (χ1v) is 14.8. The molecule has 1 rings (SSSR count). The standard InChI is InChI=1S/C31H56N2O2/c1-3-5-7-9-11-13-15-20-24-33(25-21-16-14-12-10-8-6-4-2)27-30(32)26-31(34)35-28-29-22-18-17-19-23-29/h17-19,22-23,30H,3-16,20-21,24-28,32H2,1-2H3/t30-/m1/s1. The first-order valence-electron chi connectivity index (χ1n) is 14.8. The van der Waals surface area contributed by atoms with Crippen LogP contribution in [0, 0.1) is 0 Å². The molecule has 0 aliphatic heterocycles. The maximum atomic E-state index is 12.3. The third-order valence-electron chi connectivity index (χ3n) is 6.82. The van der Waals surface area contributed by atoms with Crippen molar-refractivity contribution in [3.05, 3.63) is 35.9 Å². The van der Waals surface area contributed by atoms with Crippen molar-refractivity contribution in [1.82, 2.24) is 4.90 Å². The molecule has 0 aliphatic carbocycles. The minimum atomic E-state index is -0.194. The summed E-state index contributed by atoms with van der Waals surface area (Å²) >= 11 is 0. The van der Waals surface area contributed by atoms with Gasteiger partial charge in [-0.05, 0) is 31.5 Å². The van der Waals surface area contributed by atoms with E-state index in [-0.39, 0.29) is 18.4 Å². The zero-order valence-corrected chi connectivity index (χ0v) is 23.2. The molecule has 202 valence electrons. The van der Waals surface area contributed by atoms with Crippen molar-refractivity contribution in [2.75, 3.05) is 19.6 Å². The summed E-state index contributed by atoms with van der Waals surface area (Å²) in [5.74, 6) is -0.194. The van der Waals surface area contributed by atoms with E-state index < -0.39 is 0 Å². The fourth-order valence-corrected chi connectivity index (χ4v) is 4.64. The van der Waals surface area contributed by atoms with Crippen LogP contribution in [-0.2, 0) is 16.1 Å². The Kier molecular flexibility index (Phi) is 20.8. The molecule has 1 atom stereocenters. The highest BCUT2D eigenvalue weighted by molar-refractivity contribution is 5.70. The van der Waals surface area contributed by atoms with Crippen LogP contribution >= 0.6 is 0 Å². The Hall–Kier alpha value is -1.39. The van der Waals surface area contributed by atoms with Crippen molar-refractivity contribution >= 4 is 5.97 Å². The number of carbonyl (C=O) groups excluding carboxylic acids is 1. The topological polar surface area (TPSA) is 55.6 Å². The third-order valence-corrected chi connectivity index (χ3v) is 6.82. The fraction of sp³-hybridized carbons (Fsp3) is 0.774. The lowest BCUT2D eigenvalue weighted by atomic mass is 10.1. The first kappa shape index (κ1) is 31.6. The van der Waals surface area contributed by atoms with E-state index in [4.69, 9.17) is 10.5 Å². The Labute approximate surface area is 217 Å². The van der Waals surface area contributed by atoms with Gasteiger partial charge >= 0.3 is 5.97 Å². The minimum Gasteiger partial charge on any atom is -0.461 e. The summed E-state index contributed by atoms with van der Waals surface area (Å²) < 4.78 is 5.45. The van der Waals surface area contributed by atoms with Gasteiger partial charge in [-0.1, -0.05) is 134 Å². The predicted molar refractivity (Wildman–Crippen MR) is 150 cm³/mol. The second-order valence-corrected chi connectivity index (χ2v) is 10.4. The number of esters is 1. The van der Waals surface area contributed by atoms with Crippen LogP contribution in [0.2, 0.25) is 0 Å². The summed E-state index contributed by atoms with van der Waals surface area (Å²) in [6.07, 6.45) is 21.7. The second-order valence-electron chi connectivity index (χ2n) is 10.4. The minimum absolute atomic E-state index is 0.165. The zero-order chi connectivity index (χ0) is 25.4. The van der Waals surface area contributed by atoms with E-state index in [0.29, 0.717) is 6.61 Å². The molecule has 0 heterocycles. The highest BCUT2D eigenvalue weighted by Gasteiger charge is 2.15. The number of benzene rings is 1. The van der Waals surface area contributed by atoms with Crippen molar-refractivity contribution in [3.8, 4) is 0 Å². The van der Waals surface area contributed by atoms with E-state index in [1.807, 2.05) is 30.3 Å². The third kappa shape index (κ3) is 19.5. The molecular formula is C31H56N2O2. The Morgan fingerprint density at radius 2 is 1.20 bits per heavy atom. The van der Waals surface area contributed by atoms with Crippen LogP contribution in [0.5, 0.6) is 0 Å². The van der Waals surface area contributed by atoms with E-state index in [2.05, 4.69) is 18.7 Å². The maximum absolute atomic E-state index is 12.3. The van der Waals surface area contributed by atoms with Gasteiger partial charge in [-0.15, -0.1) is 0 Å². The van der Waals surface area contributed by atoms with Gasteiger partial charge in [-0.3, -0.25) is 4.79 Å². The SMILES string of the molecule is CCCCCCCCCCN(CCCCCCCCCC)C[C@H](N)CC(=O)OCc1ccccc1. The van der Waals surface area contributed by atoms with Crippen LogP contribution in [-0.4, -0.2) is 36.5 Å². The van der Waals surface area contributed by atoms with Gasteiger partial charge < -0.3 is 15.4 Å². The Morgan fingerprint density at radius 1 is 0.743 bits per heavy atom. The molecule has 1 aromatic rings. The lowest BCUT2D eigenvalue weighted by Gasteiger charge is -2.25. The number of hydrogen-bond donors (Lipinski definition) is 1. The molecule has 1 aromatic carbocycles. The number of hydrogen-bond acceptors (Lipinski definition) is 4. The number of rotatable bonds is 24. The number of unbranched alkanes of at least 4 members (excludes halogenated alkanes) is 14. The number of nitrogens with zero attached hydrogens (tertiary/aromatic N) is 1. The van der Waals surface area contributed by atoms with Gasteiger partial charge in [0.15, 0.2) is 0 Å². The fourth-order valence-electron chi connectivity index (χ4n) is 4.64. The molecule has 4 heteroatoms. The van der Waals surface area contributed by atoms with Gasteiger partial charge in [-0.2, -0.15) is 0 Å². The highest BCUT2D eigenvalue weighted by Crippen LogP contribution is 2.12. The van der Waals surface area contributed by atoms with Crippen LogP contribution in [0.25, 0.3) is 0 Å². The number of carbonyl (C=O) groups is 1. The molecule has 35 heavy (non-hydrogen) atoms. The van der Waals surface area contributed by atoms with Gasteiger partial charge in [0.25, 0.3) is 0 Å². The molecule has 0 unspecified atom stereocenters. The molecule has 2 N–H and O–H groups in total. The molecule has 0 aromatic heterocycles. The molecule has 0 aliphatic rings. The van der Waals surface area contributed by atoms with Gasteiger partial charge in [-0.25, -0.2) is 0 Å². The Morgan fingerprint density at radius 3 is 1.69 bits per heavy atom. The number of ether oxygens (including phenoxy) is 1. The summed E-state index contributed by atoms with van der Waals surface area (Å²) in [7, 11) is 0. The molecule has 0 saturated heterocycles. The van der Waals surface area contributed by atoms with Crippen LogP contribution in [0.3, 0.4) is 0 Å². The molecule has 0 bridgehead atoms. The lowest BCUT2D eigenvalue weighted by Crippen LogP contribution is -2.40. The van der Waals surface area contributed by atoms with Crippen molar-refractivity contribution in [2.24, 2.45) is 5.73 Å². The summed E-state index contributed by atoms with van der Waals surface area (Å²) in [4.78, 5) is 14.8. The molecule has 0 saturated carbocycles.